The van der Waals surface area contributed by atoms with Crippen LogP contribution >= 0.6 is 0 Å². The summed E-state index contributed by atoms with van der Waals surface area (Å²) >= 11 is 0. The maximum atomic E-state index is 12.2. The highest BCUT2D eigenvalue weighted by molar-refractivity contribution is 5.97. The molecule has 0 atom stereocenters. The molecule has 1 heterocycles. The first-order chi connectivity index (χ1) is 12.6. The molecule has 1 saturated heterocycles. The second-order valence-electron chi connectivity index (χ2n) is 6.23. The molecule has 0 aliphatic carbocycles. The summed E-state index contributed by atoms with van der Waals surface area (Å²) in [6.07, 6.45) is 1.49. The van der Waals surface area contributed by atoms with Gasteiger partial charge in [0, 0.05) is 36.1 Å². The number of amides is 2. The van der Waals surface area contributed by atoms with Gasteiger partial charge in [0.15, 0.2) is 0 Å². The van der Waals surface area contributed by atoms with Crippen LogP contribution in [0.5, 0.6) is 5.75 Å². The van der Waals surface area contributed by atoms with Crippen LogP contribution in [0.1, 0.15) is 18.4 Å². The normalized spacial score (nSPS) is 13.6. The molecule has 1 aliphatic heterocycles. The number of methoxy groups -OCH3 is 1. The zero-order valence-corrected chi connectivity index (χ0v) is 15.0. The van der Waals surface area contributed by atoms with Crippen molar-refractivity contribution < 1.29 is 14.3 Å². The van der Waals surface area contributed by atoms with Gasteiger partial charge in [-0.25, -0.2) is 0 Å². The van der Waals surface area contributed by atoms with Crippen LogP contribution in [0.25, 0.3) is 0 Å². The molecule has 0 radical (unpaired) electrons. The molecule has 26 heavy (non-hydrogen) atoms. The lowest BCUT2D eigenvalue weighted by Crippen LogP contribution is -2.25. The van der Waals surface area contributed by atoms with Crippen LogP contribution in [0.3, 0.4) is 0 Å². The Bertz CT molecular complexity index is 820. The van der Waals surface area contributed by atoms with E-state index >= 15 is 0 Å². The first kappa shape index (κ1) is 17.8. The molecule has 6 nitrogen and oxygen atoms in total. The minimum absolute atomic E-state index is 0.134. The minimum Gasteiger partial charge on any atom is -0.497 e. The lowest BCUT2D eigenvalue weighted by Gasteiger charge is -2.20. The number of anilines is 3. The van der Waals surface area contributed by atoms with E-state index in [1.807, 2.05) is 48.2 Å². The number of hydrogen-bond acceptors (Lipinski definition) is 4. The predicted molar refractivity (Wildman–Crippen MR) is 103 cm³/mol. The average Bonchev–Trinajstić information content (AvgIpc) is 3.07. The second kappa shape index (κ2) is 7.91. The van der Waals surface area contributed by atoms with Crippen LogP contribution in [-0.4, -0.2) is 32.0 Å². The highest BCUT2D eigenvalue weighted by atomic mass is 16.5. The summed E-state index contributed by atoms with van der Waals surface area (Å²) in [7, 11) is 1.59. The molecule has 0 aromatic heterocycles. The van der Waals surface area contributed by atoms with Gasteiger partial charge in [-0.2, -0.15) is 0 Å². The molecule has 1 aliphatic rings. The topological polar surface area (TPSA) is 70.7 Å². The highest BCUT2D eigenvalue weighted by Crippen LogP contribution is 2.29. The number of benzene rings is 2. The molecule has 2 aromatic rings. The fourth-order valence-corrected chi connectivity index (χ4v) is 3.09. The van der Waals surface area contributed by atoms with E-state index < -0.39 is 0 Å². The lowest BCUT2D eigenvalue weighted by atomic mass is 10.1. The summed E-state index contributed by atoms with van der Waals surface area (Å²) in [5.74, 6) is 0.691. The molecule has 0 unspecified atom stereocenters. The van der Waals surface area contributed by atoms with E-state index in [2.05, 4.69) is 10.6 Å². The van der Waals surface area contributed by atoms with Crippen molar-refractivity contribution in [2.45, 2.75) is 19.8 Å². The van der Waals surface area contributed by atoms with E-state index in [-0.39, 0.29) is 18.4 Å². The van der Waals surface area contributed by atoms with Gasteiger partial charge in [0.05, 0.1) is 13.7 Å². The molecule has 2 amide bonds. The van der Waals surface area contributed by atoms with Crippen molar-refractivity contribution >= 4 is 28.9 Å². The minimum atomic E-state index is -0.152. The van der Waals surface area contributed by atoms with Crippen LogP contribution in [0, 0.1) is 6.92 Å². The molecule has 0 saturated carbocycles. The Labute approximate surface area is 153 Å². The van der Waals surface area contributed by atoms with Crippen molar-refractivity contribution in [2.75, 3.05) is 35.7 Å². The quantitative estimate of drug-likeness (QED) is 0.837. The van der Waals surface area contributed by atoms with Gasteiger partial charge in [-0.3, -0.25) is 9.59 Å². The number of ether oxygens (including phenoxy) is 1. The third-order valence-electron chi connectivity index (χ3n) is 4.46. The fourth-order valence-electron chi connectivity index (χ4n) is 3.09. The zero-order chi connectivity index (χ0) is 18.5. The Balaban J connectivity index is 1.64. The summed E-state index contributed by atoms with van der Waals surface area (Å²) in [5.41, 5.74) is 3.41. The molecule has 136 valence electrons. The van der Waals surface area contributed by atoms with Crippen molar-refractivity contribution in [3.63, 3.8) is 0 Å². The van der Waals surface area contributed by atoms with Crippen LogP contribution in [0.2, 0.25) is 0 Å². The Hall–Kier alpha value is -3.02. The van der Waals surface area contributed by atoms with Gasteiger partial charge in [0.25, 0.3) is 0 Å². The van der Waals surface area contributed by atoms with E-state index in [0.717, 1.165) is 29.9 Å². The number of carbonyl (C=O) groups excluding carboxylic acids is 2. The Morgan fingerprint density at radius 2 is 2.04 bits per heavy atom. The van der Waals surface area contributed by atoms with Crippen molar-refractivity contribution in [1.82, 2.24) is 0 Å². The number of hydrogen-bond donors (Lipinski definition) is 2. The standard InChI is InChI=1S/C20H23N3O3/c1-14-17(8-4-9-18(14)23-11-5-10-20(23)25)21-13-19(24)22-15-6-3-7-16(12-15)26-2/h3-4,6-9,12,21H,5,10-11,13H2,1-2H3,(H,22,24). The maximum absolute atomic E-state index is 12.2. The number of nitrogens with zero attached hydrogens (tertiary/aromatic N) is 1. The largest absolute Gasteiger partial charge is 0.497 e. The molecule has 2 aromatic carbocycles. The van der Waals surface area contributed by atoms with Gasteiger partial charge in [0.1, 0.15) is 5.75 Å². The maximum Gasteiger partial charge on any atom is 0.243 e. The molecular weight excluding hydrogens is 330 g/mol. The van der Waals surface area contributed by atoms with Crippen LogP contribution < -0.4 is 20.3 Å². The molecule has 6 heteroatoms. The van der Waals surface area contributed by atoms with Crippen LogP contribution in [0.15, 0.2) is 42.5 Å². The van der Waals surface area contributed by atoms with Gasteiger partial charge in [-0.15, -0.1) is 0 Å². The third-order valence-corrected chi connectivity index (χ3v) is 4.46. The summed E-state index contributed by atoms with van der Waals surface area (Å²) in [6.45, 7) is 2.85. The van der Waals surface area contributed by atoms with E-state index in [0.29, 0.717) is 17.9 Å². The van der Waals surface area contributed by atoms with Gasteiger partial charge in [-0.1, -0.05) is 12.1 Å². The van der Waals surface area contributed by atoms with E-state index in [1.54, 1.807) is 13.2 Å². The lowest BCUT2D eigenvalue weighted by molar-refractivity contribution is -0.117. The number of carbonyl (C=O) groups is 2. The Morgan fingerprint density at radius 1 is 1.23 bits per heavy atom. The summed E-state index contributed by atoms with van der Waals surface area (Å²) in [5, 5.41) is 6.00. The molecule has 2 N–H and O–H groups in total. The monoisotopic (exact) mass is 353 g/mol. The Kier molecular flexibility index (Phi) is 5.41. The van der Waals surface area contributed by atoms with Crippen molar-refractivity contribution in [2.24, 2.45) is 0 Å². The molecule has 1 fully saturated rings. The van der Waals surface area contributed by atoms with Crippen LogP contribution in [-0.2, 0) is 9.59 Å². The predicted octanol–water partition coefficient (Wildman–Crippen LogP) is 3.18. The first-order valence-electron chi connectivity index (χ1n) is 8.66. The summed E-state index contributed by atoms with van der Waals surface area (Å²) in [4.78, 5) is 26.0. The van der Waals surface area contributed by atoms with E-state index in [9.17, 15) is 9.59 Å². The van der Waals surface area contributed by atoms with Gasteiger partial charge in [0.2, 0.25) is 11.8 Å². The smallest absolute Gasteiger partial charge is 0.243 e. The van der Waals surface area contributed by atoms with Gasteiger partial charge < -0.3 is 20.3 Å². The van der Waals surface area contributed by atoms with E-state index in [4.69, 9.17) is 4.74 Å². The Morgan fingerprint density at radius 3 is 2.77 bits per heavy atom. The number of rotatable bonds is 6. The molecular formula is C20H23N3O3. The number of nitrogens with one attached hydrogen (secondary N) is 2. The molecule has 0 spiro atoms. The van der Waals surface area contributed by atoms with Crippen LogP contribution in [0.4, 0.5) is 17.1 Å². The fraction of sp³-hybridized carbons (Fsp3) is 0.300. The van der Waals surface area contributed by atoms with Gasteiger partial charge >= 0.3 is 0 Å². The SMILES string of the molecule is COc1cccc(NC(=O)CNc2cccc(N3CCCC3=O)c2C)c1. The summed E-state index contributed by atoms with van der Waals surface area (Å²) in [6, 6.07) is 13.0. The third kappa shape index (κ3) is 3.96. The zero-order valence-electron chi connectivity index (χ0n) is 15.0. The van der Waals surface area contributed by atoms with E-state index in [1.165, 1.54) is 0 Å². The first-order valence-corrected chi connectivity index (χ1v) is 8.66. The van der Waals surface area contributed by atoms with Crippen molar-refractivity contribution in [3.05, 3.63) is 48.0 Å². The molecule has 3 rings (SSSR count). The second-order valence-corrected chi connectivity index (χ2v) is 6.23. The highest BCUT2D eigenvalue weighted by Gasteiger charge is 2.23. The van der Waals surface area contributed by atoms with Crippen molar-refractivity contribution in [1.29, 1.82) is 0 Å². The average molecular weight is 353 g/mol. The van der Waals surface area contributed by atoms with Gasteiger partial charge in [-0.05, 0) is 43.2 Å². The van der Waals surface area contributed by atoms with Crippen molar-refractivity contribution in [3.8, 4) is 5.75 Å². The summed E-state index contributed by atoms with van der Waals surface area (Å²) < 4.78 is 5.15. The molecule has 0 bridgehead atoms.